The van der Waals surface area contributed by atoms with Crippen molar-refractivity contribution in [1.82, 2.24) is 5.32 Å². The molecule has 5 heteroatoms. The summed E-state index contributed by atoms with van der Waals surface area (Å²) < 4.78 is 5.68. The van der Waals surface area contributed by atoms with Crippen LogP contribution in [-0.4, -0.2) is 6.04 Å². The van der Waals surface area contributed by atoms with Gasteiger partial charge in [0.2, 0.25) is 0 Å². The van der Waals surface area contributed by atoms with Crippen molar-refractivity contribution in [3.63, 3.8) is 0 Å². The lowest BCUT2D eigenvalue weighted by molar-refractivity contribution is 0.512. The van der Waals surface area contributed by atoms with Crippen LogP contribution in [0, 0.1) is 0 Å². The van der Waals surface area contributed by atoms with Gasteiger partial charge in [0.05, 0.1) is 21.6 Å². The highest BCUT2D eigenvalue weighted by molar-refractivity contribution is 6.47. The van der Waals surface area contributed by atoms with E-state index in [-0.39, 0.29) is 0 Å². The maximum Gasteiger partial charge on any atom is 0.154 e. The van der Waals surface area contributed by atoms with Crippen LogP contribution in [0.1, 0.15) is 18.6 Å². The number of halogens is 3. The standard InChI is InChI=1S/C12H10Cl3NO/c13-9-4-10(14)12-8(11(9)15)3-7(17-12)5-16-6-1-2-6/h3-4,6,16H,1-2,5H2. The number of benzene rings is 1. The third kappa shape index (κ3) is 2.27. The van der Waals surface area contributed by atoms with Gasteiger partial charge in [0.25, 0.3) is 0 Å². The predicted octanol–water partition coefficient (Wildman–Crippen LogP) is 4.65. The zero-order valence-corrected chi connectivity index (χ0v) is 11.2. The molecule has 1 saturated carbocycles. The summed E-state index contributed by atoms with van der Waals surface area (Å²) >= 11 is 18.1. The summed E-state index contributed by atoms with van der Waals surface area (Å²) in [6.07, 6.45) is 2.49. The van der Waals surface area contributed by atoms with Crippen molar-refractivity contribution < 1.29 is 4.42 Å². The van der Waals surface area contributed by atoms with Gasteiger partial charge in [0.15, 0.2) is 5.58 Å². The van der Waals surface area contributed by atoms with Gasteiger partial charge in [-0.2, -0.15) is 0 Å². The first-order chi connectivity index (χ1) is 8.15. The van der Waals surface area contributed by atoms with Gasteiger partial charge in [0.1, 0.15) is 5.76 Å². The summed E-state index contributed by atoms with van der Waals surface area (Å²) in [5.41, 5.74) is 0.605. The average Bonchev–Trinajstić information content (AvgIpc) is 3.02. The summed E-state index contributed by atoms with van der Waals surface area (Å²) in [5.74, 6) is 0.831. The monoisotopic (exact) mass is 289 g/mol. The lowest BCUT2D eigenvalue weighted by Crippen LogP contribution is -2.14. The normalized spacial score (nSPS) is 15.7. The van der Waals surface area contributed by atoms with Crippen molar-refractivity contribution >= 4 is 45.8 Å². The van der Waals surface area contributed by atoms with E-state index in [4.69, 9.17) is 39.2 Å². The fourth-order valence-electron chi connectivity index (χ4n) is 1.77. The van der Waals surface area contributed by atoms with Crippen LogP contribution in [0.3, 0.4) is 0 Å². The minimum Gasteiger partial charge on any atom is -0.458 e. The van der Waals surface area contributed by atoms with Crippen molar-refractivity contribution in [2.45, 2.75) is 25.4 Å². The fraction of sp³-hybridized carbons (Fsp3) is 0.333. The summed E-state index contributed by atoms with van der Waals surface area (Å²) in [7, 11) is 0. The topological polar surface area (TPSA) is 25.2 Å². The number of nitrogens with one attached hydrogen (secondary N) is 1. The van der Waals surface area contributed by atoms with E-state index in [1.807, 2.05) is 6.07 Å². The van der Waals surface area contributed by atoms with Crippen LogP contribution in [0.25, 0.3) is 11.0 Å². The van der Waals surface area contributed by atoms with E-state index in [2.05, 4.69) is 5.32 Å². The van der Waals surface area contributed by atoms with Crippen molar-refractivity contribution in [3.8, 4) is 0 Å². The average molecular weight is 291 g/mol. The first-order valence-electron chi connectivity index (χ1n) is 5.44. The molecule has 1 aliphatic carbocycles. The molecule has 0 aliphatic heterocycles. The van der Waals surface area contributed by atoms with Gasteiger partial charge in [-0.25, -0.2) is 0 Å². The maximum absolute atomic E-state index is 6.12. The largest absolute Gasteiger partial charge is 0.458 e. The van der Waals surface area contributed by atoms with Gasteiger partial charge < -0.3 is 9.73 Å². The van der Waals surface area contributed by atoms with E-state index >= 15 is 0 Å². The Bertz CT molecular complexity index is 575. The molecule has 3 rings (SSSR count). The number of hydrogen-bond acceptors (Lipinski definition) is 2. The second-order valence-electron chi connectivity index (χ2n) is 4.26. The number of furan rings is 1. The van der Waals surface area contributed by atoms with E-state index < -0.39 is 0 Å². The fourth-order valence-corrected chi connectivity index (χ4v) is 2.48. The highest BCUT2D eigenvalue weighted by Crippen LogP contribution is 2.37. The van der Waals surface area contributed by atoms with E-state index in [0.717, 1.165) is 11.1 Å². The van der Waals surface area contributed by atoms with E-state index in [1.165, 1.54) is 12.8 Å². The molecule has 0 bridgehead atoms. The Kier molecular flexibility index (Phi) is 2.99. The molecular formula is C12H10Cl3NO. The van der Waals surface area contributed by atoms with Crippen LogP contribution >= 0.6 is 34.8 Å². The lowest BCUT2D eigenvalue weighted by Gasteiger charge is -1.98. The lowest BCUT2D eigenvalue weighted by atomic mass is 10.2. The van der Waals surface area contributed by atoms with E-state index in [1.54, 1.807) is 6.07 Å². The molecule has 0 atom stereocenters. The van der Waals surface area contributed by atoms with Gasteiger partial charge in [-0.1, -0.05) is 34.8 Å². The van der Waals surface area contributed by atoms with Crippen molar-refractivity contribution in [2.24, 2.45) is 0 Å². The molecule has 1 aromatic heterocycles. The minimum absolute atomic E-state index is 0.451. The third-order valence-corrected chi connectivity index (χ3v) is 3.92. The molecule has 17 heavy (non-hydrogen) atoms. The second-order valence-corrected chi connectivity index (χ2v) is 5.46. The second kappa shape index (κ2) is 4.36. The first kappa shape index (κ1) is 11.7. The number of hydrogen-bond donors (Lipinski definition) is 1. The Hall–Kier alpha value is -0.410. The van der Waals surface area contributed by atoms with Gasteiger partial charge in [-0.3, -0.25) is 0 Å². The molecule has 2 nitrogen and oxygen atoms in total. The van der Waals surface area contributed by atoms with Gasteiger partial charge in [-0.15, -0.1) is 0 Å². The minimum atomic E-state index is 0.451. The first-order valence-corrected chi connectivity index (χ1v) is 6.58. The van der Waals surface area contributed by atoms with Crippen LogP contribution in [0.2, 0.25) is 15.1 Å². The molecule has 1 fully saturated rings. The predicted molar refractivity (Wildman–Crippen MR) is 71.1 cm³/mol. The van der Waals surface area contributed by atoms with Crippen LogP contribution < -0.4 is 5.32 Å². The Morgan fingerprint density at radius 2 is 1.94 bits per heavy atom. The van der Waals surface area contributed by atoms with Crippen molar-refractivity contribution in [1.29, 1.82) is 0 Å². The summed E-state index contributed by atoms with van der Waals surface area (Å²) in [6, 6.07) is 4.14. The SMILES string of the molecule is Clc1cc(Cl)c2oc(CNC3CC3)cc2c1Cl. The molecular weight excluding hydrogens is 280 g/mol. The maximum atomic E-state index is 6.12. The molecule has 0 radical (unpaired) electrons. The molecule has 0 spiro atoms. The van der Waals surface area contributed by atoms with E-state index in [0.29, 0.717) is 33.2 Å². The molecule has 0 unspecified atom stereocenters. The molecule has 1 aromatic carbocycles. The van der Waals surface area contributed by atoms with Crippen LogP contribution in [0.4, 0.5) is 0 Å². The quantitative estimate of drug-likeness (QED) is 0.833. The van der Waals surface area contributed by atoms with Gasteiger partial charge >= 0.3 is 0 Å². The number of rotatable bonds is 3. The summed E-state index contributed by atoms with van der Waals surface area (Å²) in [5, 5.41) is 5.59. The van der Waals surface area contributed by atoms with Crippen LogP contribution in [0.15, 0.2) is 16.5 Å². The Morgan fingerprint density at radius 3 is 2.65 bits per heavy atom. The molecule has 1 heterocycles. The Morgan fingerprint density at radius 1 is 1.18 bits per heavy atom. The highest BCUT2D eigenvalue weighted by Gasteiger charge is 2.21. The molecule has 90 valence electrons. The van der Waals surface area contributed by atoms with Crippen LogP contribution in [-0.2, 0) is 6.54 Å². The molecule has 1 aliphatic rings. The highest BCUT2D eigenvalue weighted by atomic mass is 35.5. The van der Waals surface area contributed by atoms with Gasteiger partial charge in [-0.05, 0) is 25.0 Å². The zero-order valence-electron chi connectivity index (χ0n) is 8.90. The Labute approximate surface area is 114 Å². The summed E-state index contributed by atoms with van der Waals surface area (Å²) in [4.78, 5) is 0. The van der Waals surface area contributed by atoms with Crippen molar-refractivity contribution in [2.75, 3.05) is 0 Å². The van der Waals surface area contributed by atoms with E-state index in [9.17, 15) is 0 Å². The summed E-state index contributed by atoms with van der Waals surface area (Å²) in [6.45, 7) is 0.698. The van der Waals surface area contributed by atoms with Crippen LogP contribution in [0.5, 0.6) is 0 Å². The number of fused-ring (bicyclic) bond motifs is 1. The molecule has 0 amide bonds. The molecule has 1 N–H and O–H groups in total. The molecule has 2 aromatic rings. The third-order valence-electron chi connectivity index (χ3n) is 2.84. The molecule has 0 saturated heterocycles. The smallest absolute Gasteiger partial charge is 0.154 e. The zero-order chi connectivity index (χ0) is 12.0. The van der Waals surface area contributed by atoms with Crippen molar-refractivity contribution in [3.05, 3.63) is 33.0 Å². The van der Waals surface area contributed by atoms with Gasteiger partial charge in [0, 0.05) is 11.4 Å². The Balaban J connectivity index is 1.98.